The van der Waals surface area contributed by atoms with Crippen molar-refractivity contribution in [2.45, 2.75) is 26.7 Å². The predicted octanol–water partition coefficient (Wildman–Crippen LogP) is 4.40. The van der Waals surface area contributed by atoms with E-state index < -0.39 is 0 Å². The van der Waals surface area contributed by atoms with Crippen molar-refractivity contribution in [3.05, 3.63) is 70.8 Å². The van der Waals surface area contributed by atoms with Crippen LogP contribution >= 0.6 is 0 Å². The molecule has 2 aromatic rings. The fraction of sp³-hybridized carbons (Fsp3) is 0.375. The average Bonchev–Trinajstić information content (AvgIpc) is 2.76. The molecule has 0 unspecified atom stereocenters. The van der Waals surface area contributed by atoms with E-state index in [-0.39, 0.29) is 5.91 Å². The van der Waals surface area contributed by atoms with Crippen LogP contribution in [-0.4, -0.2) is 44.0 Å². The van der Waals surface area contributed by atoms with Gasteiger partial charge in [0.25, 0.3) is 5.91 Å². The van der Waals surface area contributed by atoms with Crippen molar-refractivity contribution >= 4 is 17.2 Å². The smallest absolute Gasteiger partial charge is 0.253 e. The summed E-state index contributed by atoms with van der Waals surface area (Å²) in [7, 11) is 1.95. The number of hydrogen-bond donors (Lipinski definition) is 2. The van der Waals surface area contributed by atoms with Crippen LogP contribution in [0.25, 0.3) is 5.57 Å². The first kappa shape index (κ1) is 20.2. The number of nitrogens with zero attached hydrogens (tertiary/aromatic N) is 1. The second-order valence-electron chi connectivity index (χ2n) is 7.11. The third kappa shape index (κ3) is 4.45. The van der Waals surface area contributed by atoms with Crippen LogP contribution in [0.5, 0.6) is 0 Å². The lowest BCUT2D eigenvalue weighted by molar-refractivity contribution is 0.0773. The zero-order valence-electron chi connectivity index (χ0n) is 17.2. The van der Waals surface area contributed by atoms with Crippen LogP contribution in [0.4, 0.5) is 5.69 Å². The topological polar surface area (TPSA) is 44.4 Å². The van der Waals surface area contributed by atoms with Gasteiger partial charge in [-0.05, 0) is 80.7 Å². The maximum atomic E-state index is 12.6. The van der Waals surface area contributed by atoms with Gasteiger partial charge in [-0.25, -0.2) is 0 Å². The van der Waals surface area contributed by atoms with Gasteiger partial charge in [-0.2, -0.15) is 0 Å². The van der Waals surface area contributed by atoms with E-state index in [1.807, 2.05) is 37.9 Å². The molecule has 1 saturated heterocycles. The lowest BCUT2D eigenvalue weighted by atomic mass is 9.88. The summed E-state index contributed by atoms with van der Waals surface area (Å²) in [6.45, 7) is 7.53. The molecule has 1 fully saturated rings. The van der Waals surface area contributed by atoms with Crippen molar-refractivity contribution in [2.75, 3.05) is 38.5 Å². The van der Waals surface area contributed by atoms with Crippen LogP contribution in [0.2, 0.25) is 0 Å². The molecule has 1 heterocycles. The van der Waals surface area contributed by atoms with Crippen LogP contribution < -0.4 is 10.6 Å². The molecule has 28 heavy (non-hydrogen) atoms. The molecular formula is C24H31N3O. The van der Waals surface area contributed by atoms with Crippen molar-refractivity contribution < 1.29 is 4.79 Å². The number of carbonyl (C=O) groups excluding carboxylic acids is 1. The summed E-state index contributed by atoms with van der Waals surface area (Å²) in [5.41, 5.74) is 7.06. The first-order chi connectivity index (χ1) is 13.7. The highest BCUT2D eigenvalue weighted by molar-refractivity contribution is 5.95. The summed E-state index contributed by atoms with van der Waals surface area (Å²) in [4.78, 5) is 14.5. The number of rotatable bonds is 6. The molecule has 0 aromatic heterocycles. The van der Waals surface area contributed by atoms with Crippen LogP contribution in [0.15, 0.2) is 54.1 Å². The molecule has 0 bridgehead atoms. The van der Waals surface area contributed by atoms with Crippen molar-refractivity contribution in [1.82, 2.24) is 10.2 Å². The number of carbonyl (C=O) groups is 1. The molecule has 1 amide bonds. The van der Waals surface area contributed by atoms with E-state index in [1.165, 1.54) is 22.3 Å². The second-order valence-corrected chi connectivity index (χ2v) is 7.11. The van der Waals surface area contributed by atoms with Crippen LogP contribution in [0, 0.1) is 0 Å². The van der Waals surface area contributed by atoms with E-state index in [0.29, 0.717) is 0 Å². The summed E-state index contributed by atoms with van der Waals surface area (Å²) >= 11 is 0. The van der Waals surface area contributed by atoms with Crippen LogP contribution in [0.1, 0.15) is 48.2 Å². The Labute approximate surface area is 168 Å². The minimum absolute atomic E-state index is 0.102. The van der Waals surface area contributed by atoms with Crippen molar-refractivity contribution in [2.24, 2.45) is 0 Å². The molecule has 0 saturated carbocycles. The standard InChI is InChI=1S/C24H31N3O/c1-4-27(5-2)24(28)20-11-9-18(10-12-20)23(19-13-15-26-16-14-19)21-7-6-8-22(17-21)25-3/h6-12,17,25-26H,4-5,13-16H2,1-3H3. The largest absolute Gasteiger partial charge is 0.388 e. The van der Waals surface area contributed by atoms with Gasteiger partial charge in [-0.3, -0.25) is 4.79 Å². The third-order valence-electron chi connectivity index (χ3n) is 5.47. The predicted molar refractivity (Wildman–Crippen MR) is 118 cm³/mol. The van der Waals surface area contributed by atoms with Gasteiger partial charge >= 0.3 is 0 Å². The van der Waals surface area contributed by atoms with Gasteiger partial charge in [-0.15, -0.1) is 0 Å². The summed E-state index contributed by atoms with van der Waals surface area (Å²) in [6, 6.07) is 16.7. The Morgan fingerprint density at radius 1 is 0.964 bits per heavy atom. The molecule has 0 spiro atoms. The number of hydrogen-bond acceptors (Lipinski definition) is 3. The van der Waals surface area contributed by atoms with Gasteiger partial charge in [0, 0.05) is 31.4 Å². The molecule has 2 N–H and O–H groups in total. The Bertz CT molecular complexity index is 827. The fourth-order valence-electron chi connectivity index (χ4n) is 3.86. The minimum Gasteiger partial charge on any atom is -0.388 e. The summed E-state index contributed by atoms with van der Waals surface area (Å²) in [5.74, 6) is 0.102. The Morgan fingerprint density at radius 2 is 1.61 bits per heavy atom. The maximum absolute atomic E-state index is 12.6. The zero-order chi connectivity index (χ0) is 19.9. The lowest BCUT2D eigenvalue weighted by Crippen LogP contribution is -2.30. The van der Waals surface area contributed by atoms with Gasteiger partial charge in [0.05, 0.1) is 0 Å². The highest BCUT2D eigenvalue weighted by Crippen LogP contribution is 2.32. The molecule has 0 radical (unpaired) electrons. The van der Waals surface area contributed by atoms with E-state index in [1.54, 1.807) is 0 Å². The highest BCUT2D eigenvalue weighted by atomic mass is 16.2. The van der Waals surface area contributed by atoms with E-state index in [9.17, 15) is 4.79 Å². The Balaban J connectivity index is 2.00. The average molecular weight is 378 g/mol. The Kier molecular flexibility index (Phi) is 6.88. The number of amides is 1. The van der Waals surface area contributed by atoms with E-state index >= 15 is 0 Å². The highest BCUT2D eigenvalue weighted by Gasteiger charge is 2.17. The number of piperidine rings is 1. The molecule has 1 aliphatic heterocycles. The minimum atomic E-state index is 0.102. The number of benzene rings is 2. The summed E-state index contributed by atoms with van der Waals surface area (Å²) in [6.07, 6.45) is 2.11. The van der Waals surface area contributed by atoms with E-state index in [0.717, 1.165) is 50.3 Å². The number of anilines is 1. The molecule has 2 aromatic carbocycles. The van der Waals surface area contributed by atoms with E-state index in [4.69, 9.17) is 0 Å². The van der Waals surface area contributed by atoms with Gasteiger partial charge < -0.3 is 15.5 Å². The lowest BCUT2D eigenvalue weighted by Gasteiger charge is -2.22. The third-order valence-corrected chi connectivity index (χ3v) is 5.47. The van der Waals surface area contributed by atoms with Gasteiger partial charge in [0.1, 0.15) is 0 Å². The molecule has 3 rings (SSSR count). The van der Waals surface area contributed by atoms with Crippen LogP contribution in [0.3, 0.4) is 0 Å². The van der Waals surface area contributed by atoms with Crippen molar-refractivity contribution in [3.8, 4) is 0 Å². The molecule has 4 heteroatoms. The monoisotopic (exact) mass is 377 g/mol. The van der Waals surface area contributed by atoms with Crippen LogP contribution in [-0.2, 0) is 0 Å². The first-order valence-corrected chi connectivity index (χ1v) is 10.3. The molecule has 0 atom stereocenters. The molecule has 4 nitrogen and oxygen atoms in total. The van der Waals surface area contributed by atoms with Gasteiger partial charge in [0.15, 0.2) is 0 Å². The SMILES string of the molecule is CCN(CC)C(=O)c1ccc(C(=C2CCNCC2)c2cccc(NC)c2)cc1. The quantitative estimate of drug-likeness (QED) is 0.784. The maximum Gasteiger partial charge on any atom is 0.253 e. The fourth-order valence-corrected chi connectivity index (χ4v) is 3.86. The molecule has 1 aliphatic rings. The van der Waals surface area contributed by atoms with Gasteiger partial charge in [0.2, 0.25) is 0 Å². The number of nitrogens with one attached hydrogen (secondary N) is 2. The molecular weight excluding hydrogens is 346 g/mol. The van der Waals surface area contributed by atoms with Crippen molar-refractivity contribution in [1.29, 1.82) is 0 Å². The Hall–Kier alpha value is -2.59. The van der Waals surface area contributed by atoms with E-state index in [2.05, 4.69) is 47.0 Å². The van der Waals surface area contributed by atoms with Crippen molar-refractivity contribution in [3.63, 3.8) is 0 Å². The zero-order valence-corrected chi connectivity index (χ0v) is 17.2. The first-order valence-electron chi connectivity index (χ1n) is 10.3. The summed E-state index contributed by atoms with van der Waals surface area (Å²) < 4.78 is 0. The second kappa shape index (κ2) is 9.56. The summed E-state index contributed by atoms with van der Waals surface area (Å²) in [5, 5.41) is 6.69. The van der Waals surface area contributed by atoms with Gasteiger partial charge in [-0.1, -0.05) is 29.8 Å². The Morgan fingerprint density at radius 3 is 2.21 bits per heavy atom. The molecule has 0 aliphatic carbocycles. The normalized spacial score (nSPS) is 13.9. The molecule has 148 valence electrons.